The van der Waals surface area contributed by atoms with Gasteiger partial charge in [0.1, 0.15) is 0 Å². The van der Waals surface area contributed by atoms with Crippen LogP contribution in [0.2, 0.25) is 5.02 Å². The minimum atomic E-state index is -3.47. The van der Waals surface area contributed by atoms with Crippen molar-refractivity contribution in [2.24, 2.45) is 0 Å². The Morgan fingerprint density at radius 2 is 2.22 bits per heavy atom. The van der Waals surface area contributed by atoms with Gasteiger partial charge >= 0.3 is 0 Å². The molecule has 0 aromatic heterocycles. The average molecular weight is 289 g/mol. The largest absolute Gasteiger partial charge is 0.315 e. The van der Waals surface area contributed by atoms with Crippen LogP contribution in [0.4, 0.5) is 0 Å². The van der Waals surface area contributed by atoms with E-state index in [4.69, 9.17) is 11.6 Å². The minimum absolute atomic E-state index is 0.0381. The summed E-state index contributed by atoms with van der Waals surface area (Å²) in [6.07, 6.45) is 1.85. The van der Waals surface area contributed by atoms with E-state index >= 15 is 0 Å². The number of hydrogen-bond donors (Lipinski definition) is 2. The second-order valence-electron chi connectivity index (χ2n) is 4.58. The fraction of sp³-hybridized carbons (Fsp3) is 0.500. The fourth-order valence-corrected chi connectivity index (χ4v) is 3.52. The smallest absolute Gasteiger partial charge is 0.240 e. The molecule has 4 nitrogen and oxygen atoms in total. The lowest BCUT2D eigenvalue weighted by molar-refractivity contribution is 0.428. The zero-order valence-corrected chi connectivity index (χ0v) is 11.8. The molecule has 1 heterocycles. The lowest BCUT2D eigenvalue weighted by Gasteiger charge is -2.23. The summed E-state index contributed by atoms with van der Waals surface area (Å²) in [5, 5.41) is 3.65. The molecule has 1 aliphatic rings. The van der Waals surface area contributed by atoms with Gasteiger partial charge in [-0.15, -0.1) is 0 Å². The van der Waals surface area contributed by atoms with Gasteiger partial charge in [-0.3, -0.25) is 0 Å². The third-order valence-corrected chi connectivity index (χ3v) is 5.00. The second-order valence-corrected chi connectivity index (χ2v) is 6.70. The Balaban J connectivity index is 2.16. The molecule has 1 aromatic rings. The molecule has 1 aromatic carbocycles. The van der Waals surface area contributed by atoms with Crippen LogP contribution < -0.4 is 10.0 Å². The van der Waals surface area contributed by atoms with E-state index in [1.807, 2.05) is 6.92 Å². The molecule has 1 saturated heterocycles. The molecule has 1 atom stereocenters. The molecule has 6 heteroatoms. The number of rotatable bonds is 3. The van der Waals surface area contributed by atoms with Crippen LogP contribution in [0.15, 0.2) is 23.1 Å². The Kier molecular flexibility index (Phi) is 4.27. The summed E-state index contributed by atoms with van der Waals surface area (Å²) in [7, 11) is -3.47. The van der Waals surface area contributed by atoms with Gasteiger partial charge in [0.15, 0.2) is 0 Å². The molecule has 0 radical (unpaired) electrons. The van der Waals surface area contributed by atoms with Crippen molar-refractivity contribution in [3.05, 3.63) is 28.8 Å². The summed E-state index contributed by atoms with van der Waals surface area (Å²) >= 11 is 5.96. The van der Waals surface area contributed by atoms with Crippen molar-refractivity contribution < 1.29 is 8.42 Å². The highest BCUT2D eigenvalue weighted by Gasteiger charge is 2.21. The second kappa shape index (κ2) is 5.57. The first kappa shape index (κ1) is 13.8. The summed E-state index contributed by atoms with van der Waals surface area (Å²) in [5.41, 5.74) is 0.870. The number of piperidine rings is 1. The number of aryl methyl sites for hydroxylation is 1. The van der Waals surface area contributed by atoms with Crippen LogP contribution in [0.25, 0.3) is 0 Å². The molecule has 100 valence electrons. The van der Waals surface area contributed by atoms with Crippen LogP contribution in [-0.4, -0.2) is 27.5 Å². The van der Waals surface area contributed by atoms with E-state index in [9.17, 15) is 8.42 Å². The van der Waals surface area contributed by atoms with E-state index in [1.165, 1.54) is 6.07 Å². The molecule has 2 N–H and O–H groups in total. The summed E-state index contributed by atoms with van der Waals surface area (Å²) in [5.74, 6) is 0. The summed E-state index contributed by atoms with van der Waals surface area (Å²) in [6, 6.07) is 4.76. The van der Waals surface area contributed by atoms with Crippen molar-refractivity contribution >= 4 is 21.6 Å². The summed E-state index contributed by atoms with van der Waals surface area (Å²) < 4.78 is 27.0. The van der Waals surface area contributed by atoms with Gasteiger partial charge < -0.3 is 5.32 Å². The SMILES string of the molecule is Cc1ccc(S(=O)(=O)NC2CCCNC2)cc1Cl. The first-order valence-corrected chi connectivity index (χ1v) is 7.84. The predicted octanol–water partition coefficient (Wildman–Crippen LogP) is 1.68. The topological polar surface area (TPSA) is 58.2 Å². The maximum absolute atomic E-state index is 12.2. The van der Waals surface area contributed by atoms with Crippen molar-refractivity contribution in [3.8, 4) is 0 Å². The van der Waals surface area contributed by atoms with Crippen LogP contribution in [-0.2, 0) is 10.0 Å². The van der Waals surface area contributed by atoms with E-state index in [2.05, 4.69) is 10.0 Å². The number of nitrogens with one attached hydrogen (secondary N) is 2. The van der Waals surface area contributed by atoms with Gasteiger partial charge in [0.25, 0.3) is 0 Å². The Bertz CT molecular complexity index is 525. The van der Waals surface area contributed by atoms with E-state index in [0.29, 0.717) is 11.6 Å². The normalized spacial score (nSPS) is 20.9. The monoisotopic (exact) mass is 288 g/mol. The molecule has 0 amide bonds. The van der Waals surface area contributed by atoms with E-state index in [1.54, 1.807) is 12.1 Å². The maximum atomic E-state index is 12.2. The lowest BCUT2D eigenvalue weighted by Crippen LogP contribution is -2.45. The Labute approximate surface area is 113 Å². The molecule has 1 unspecified atom stereocenters. The first-order valence-electron chi connectivity index (χ1n) is 5.98. The van der Waals surface area contributed by atoms with Crippen LogP contribution in [0.5, 0.6) is 0 Å². The average Bonchev–Trinajstić information content (AvgIpc) is 2.33. The Morgan fingerprint density at radius 1 is 1.44 bits per heavy atom. The van der Waals surface area contributed by atoms with E-state index in [0.717, 1.165) is 24.9 Å². The molecular formula is C12H17ClN2O2S. The maximum Gasteiger partial charge on any atom is 0.240 e. The van der Waals surface area contributed by atoms with Crippen LogP contribution in [0, 0.1) is 6.92 Å². The highest BCUT2D eigenvalue weighted by molar-refractivity contribution is 7.89. The minimum Gasteiger partial charge on any atom is -0.315 e. The number of halogens is 1. The standard InChI is InChI=1S/C12H17ClN2O2S/c1-9-4-5-11(7-12(9)13)18(16,17)15-10-3-2-6-14-8-10/h4-5,7,10,14-15H,2-3,6,8H2,1H3. The van der Waals surface area contributed by atoms with Gasteiger partial charge in [-0.1, -0.05) is 17.7 Å². The van der Waals surface area contributed by atoms with Crippen molar-refractivity contribution in [1.29, 1.82) is 0 Å². The van der Waals surface area contributed by atoms with Crippen molar-refractivity contribution in [2.45, 2.75) is 30.7 Å². The van der Waals surface area contributed by atoms with E-state index < -0.39 is 10.0 Å². The zero-order chi connectivity index (χ0) is 13.2. The molecule has 1 aliphatic heterocycles. The molecule has 0 saturated carbocycles. The Morgan fingerprint density at radius 3 is 2.83 bits per heavy atom. The summed E-state index contributed by atoms with van der Waals surface area (Å²) in [6.45, 7) is 3.48. The van der Waals surface area contributed by atoms with E-state index in [-0.39, 0.29) is 10.9 Å². The van der Waals surface area contributed by atoms with Crippen LogP contribution >= 0.6 is 11.6 Å². The van der Waals surface area contributed by atoms with Gasteiger partial charge in [0.2, 0.25) is 10.0 Å². The van der Waals surface area contributed by atoms with Gasteiger partial charge in [-0.2, -0.15) is 0 Å². The molecule has 0 aliphatic carbocycles. The third kappa shape index (κ3) is 3.23. The van der Waals surface area contributed by atoms with Gasteiger partial charge in [-0.05, 0) is 44.0 Å². The van der Waals surface area contributed by atoms with Gasteiger partial charge in [0.05, 0.1) is 4.90 Å². The predicted molar refractivity (Wildman–Crippen MR) is 72.4 cm³/mol. The molecule has 18 heavy (non-hydrogen) atoms. The zero-order valence-electron chi connectivity index (χ0n) is 10.2. The number of sulfonamides is 1. The highest BCUT2D eigenvalue weighted by Crippen LogP contribution is 2.20. The molecular weight excluding hydrogens is 272 g/mol. The summed E-state index contributed by atoms with van der Waals surface area (Å²) in [4.78, 5) is 0.226. The number of hydrogen-bond acceptors (Lipinski definition) is 3. The van der Waals surface area contributed by atoms with Crippen molar-refractivity contribution in [1.82, 2.24) is 10.0 Å². The molecule has 0 bridgehead atoms. The highest BCUT2D eigenvalue weighted by atomic mass is 35.5. The Hall–Kier alpha value is -0.620. The van der Waals surface area contributed by atoms with Gasteiger partial charge in [0, 0.05) is 17.6 Å². The van der Waals surface area contributed by atoms with Crippen molar-refractivity contribution in [3.63, 3.8) is 0 Å². The molecule has 1 fully saturated rings. The molecule has 2 rings (SSSR count). The third-order valence-electron chi connectivity index (χ3n) is 3.07. The first-order chi connectivity index (χ1) is 8.49. The fourth-order valence-electron chi connectivity index (χ4n) is 1.98. The lowest BCUT2D eigenvalue weighted by atomic mass is 10.1. The quantitative estimate of drug-likeness (QED) is 0.890. The van der Waals surface area contributed by atoms with Crippen LogP contribution in [0.1, 0.15) is 18.4 Å². The van der Waals surface area contributed by atoms with Gasteiger partial charge in [-0.25, -0.2) is 13.1 Å². The number of benzene rings is 1. The van der Waals surface area contributed by atoms with Crippen LogP contribution in [0.3, 0.4) is 0 Å². The molecule has 0 spiro atoms. The van der Waals surface area contributed by atoms with Crippen molar-refractivity contribution in [2.75, 3.05) is 13.1 Å².